The highest BCUT2D eigenvalue weighted by molar-refractivity contribution is 7.13. The molecule has 1 amide bonds. The SMILES string of the molecule is COc1ccc(-c2nc(C(=O)N3CCCC4CCCC=C43)cs2)cc1OC. The highest BCUT2D eigenvalue weighted by Gasteiger charge is 2.31. The Morgan fingerprint density at radius 1 is 1.19 bits per heavy atom. The van der Waals surface area contributed by atoms with E-state index in [0.29, 0.717) is 23.1 Å². The van der Waals surface area contributed by atoms with Crippen LogP contribution in [0.15, 0.2) is 35.4 Å². The Morgan fingerprint density at radius 2 is 2.00 bits per heavy atom. The third-order valence-electron chi connectivity index (χ3n) is 5.37. The number of likely N-dealkylation sites (tertiary alicyclic amines) is 1. The molecule has 27 heavy (non-hydrogen) atoms. The first-order chi connectivity index (χ1) is 13.2. The van der Waals surface area contributed by atoms with Gasteiger partial charge in [0.1, 0.15) is 10.7 Å². The molecule has 1 aliphatic carbocycles. The van der Waals surface area contributed by atoms with Gasteiger partial charge < -0.3 is 14.4 Å². The molecule has 5 nitrogen and oxygen atoms in total. The van der Waals surface area contributed by atoms with Gasteiger partial charge in [-0.3, -0.25) is 4.79 Å². The minimum absolute atomic E-state index is 0.0239. The number of aromatic nitrogens is 1. The molecular weight excluding hydrogens is 360 g/mol. The number of ether oxygens (including phenoxy) is 2. The van der Waals surface area contributed by atoms with Crippen molar-refractivity contribution in [2.24, 2.45) is 5.92 Å². The molecule has 1 aliphatic heterocycles. The van der Waals surface area contributed by atoms with Gasteiger partial charge in [0.05, 0.1) is 14.2 Å². The van der Waals surface area contributed by atoms with Crippen LogP contribution in [-0.2, 0) is 0 Å². The molecule has 1 aromatic heterocycles. The van der Waals surface area contributed by atoms with Gasteiger partial charge in [-0.15, -0.1) is 11.3 Å². The number of fused-ring (bicyclic) bond motifs is 1. The maximum atomic E-state index is 13.1. The zero-order chi connectivity index (χ0) is 18.8. The van der Waals surface area contributed by atoms with Crippen molar-refractivity contribution in [2.45, 2.75) is 32.1 Å². The van der Waals surface area contributed by atoms with E-state index in [1.807, 2.05) is 28.5 Å². The lowest BCUT2D eigenvalue weighted by Gasteiger charge is -2.37. The fourth-order valence-corrected chi connectivity index (χ4v) is 4.80. The van der Waals surface area contributed by atoms with E-state index in [-0.39, 0.29) is 5.91 Å². The highest BCUT2D eigenvalue weighted by Crippen LogP contribution is 2.37. The predicted molar refractivity (Wildman–Crippen MR) is 106 cm³/mol. The Balaban J connectivity index is 1.59. The van der Waals surface area contributed by atoms with Crippen LogP contribution in [0, 0.1) is 5.92 Å². The van der Waals surface area contributed by atoms with Crippen LogP contribution in [0.3, 0.4) is 0 Å². The fraction of sp³-hybridized carbons (Fsp3) is 0.429. The zero-order valence-corrected chi connectivity index (χ0v) is 16.6. The molecule has 0 radical (unpaired) electrons. The van der Waals surface area contributed by atoms with Crippen molar-refractivity contribution in [3.05, 3.63) is 41.0 Å². The molecule has 6 heteroatoms. The lowest BCUT2D eigenvalue weighted by atomic mass is 9.85. The lowest BCUT2D eigenvalue weighted by Crippen LogP contribution is -2.39. The second-order valence-corrected chi connectivity index (χ2v) is 7.82. The third kappa shape index (κ3) is 3.46. The highest BCUT2D eigenvalue weighted by atomic mass is 32.1. The summed E-state index contributed by atoms with van der Waals surface area (Å²) >= 11 is 1.48. The number of benzene rings is 1. The van der Waals surface area contributed by atoms with Crippen LogP contribution in [-0.4, -0.2) is 36.6 Å². The van der Waals surface area contributed by atoms with Crippen LogP contribution < -0.4 is 9.47 Å². The average Bonchev–Trinajstić information content (AvgIpc) is 3.22. The van der Waals surface area contributed by atoms with Gasteiger partial charge in [0.15, 0.2) is 11.5 Å². The number of allylic oxidation sites excluding steroid dienone is 2. The Morgan fingerprint density at radius 3 is 2.81 bits per heavy atom. The topological polar surface area (TPSA) is 51.7 Å². The van der Waals surface area contributed by atoms with Crippen LogP contribution in [0.1, 0.15) is 42.6 Å². The number of thiazole rings is 1. The Kier molecular flexibility index (Phi) is 5.16. The Labute approximate surface area is 163 Å². The number of amides is 1. The number of piperidine rings is 1. The van der Waals surface area contributed by atoms with Crippen molar-refractivity contribution >= 4 is 17.2 Å². The molecule has 1 aromatic carbocycles. The molecule has 2 aromatic rings. The van der Waals surface area contributed by atoms with Gasteiger partial charge >= 0.3 is 0 Å². The van der Waals surface area contributed by atoms with E-state index in [4.69, 9.17) is 9.47 Å². The summed E-state index contributed by atoms with van der Waals surface area (Å²) in [5, 5.41) is 2.67. The van der Waals surface area contributed by atoms with E-state index in [2.05, 4.69) is 11.1 Å². The minimum atomic E-state index is 0.0239. The van der Waals surface area contributed by atoms with Crippen molar-refractivity contribution in [3.63, 3.8) is 0 Å². The molecule has 4 rings (SSSR count). The van der Waals surface area contributed by atoms with Crippen molar-refractivity contribution in [3.8, 4) is 22.1 Å². The molecule has 2 aliphatic rings. The van der Waals surface area contributed by atoms with E-state index < -0.39 is 0 Å². The molecule has 1 saturated heterocycles. The smallest absolute Gasteiger partial charge is 0.277 e. The molecule has 0 spiro atoms. The molecule has 142 valence electrons. The number of carbonyl (C=O) groups excluding carboxylic acids is 1. The molecule has 1 fully saturated rings. The third-order valence-corrected chi connectivity index (χ3v) is 6.26. The first-order valence-corrected chi connectivity index (χ1v) is 10.3. The Hall–Kier alpha value is -2.34. The van der Waals surface area contributed by atoms with Crippen molar-refractivity contribution in [2.75, 3.05) is 20.8 Å². The molecule has 1 unspecified atom stereocenters. The second-order valence-electron chi connectivity index (χ2n) is 6.96. The summed E-state index contributed by atoms with van der Waals surface area (Å²) in [6.07, 6.45) is 8.03. The zero-order valence-electron chi connectivity index (χ0n) is 15.7. The molecule has 0 saturated carbocycles. The number of hydrogen-bond acceptors (Lipinski definition) is 5. The van der Waals surface area contributed by atoms with Crippen molar-refractivity contribution < 1.29 is 14.3 Å². The van der Waals surface area contributed by atoms with Crippen LogP contribution in [0.4, 0.5) is 0 Å². The maximum Gasteiger partial charge on any atom is 0.277 e. The normalized spacial score (nSPS) is 19.3. The van der Waals surface area contributed by atoms with E-state index in [1.54, 1.807) is 14.2 Å². The van der Waals surface area contributed by atoms with Crippen molar-refractivity contribution in [1.29, 1.82) is 0 Å². The van der Waals surface area contributed by atoms with Gasteiger partial charge in [-0.25, -0.2) is 4.98 Å². The molecule has 1 atom stereocenters. The summed E-state index contributed by atoms with van der Waals surface area (Å²) in [5.74, 6) is 1.90. The fourth-order valence-electron chi connectivity index (χ4n) is 4.01. The van der Waals surface area contributed by atoms with Gasteiger partial charge in [-0.05, 0) is 56.2 Å². The van der Waals surface area contributed by atoms with Gasteiger partial charge in [-0.1, -0.05) is 6.08 Å². The van der Waals surface area contributed by atoms with Gasteiger partial charge in [0, 0.05) is 23.2 Å². The number of hydrogen-bond donors (Lipinski definition) is 0. The summed E-state index contributed by atoms with van der Waals surface area (Å²) in [4.78, 5) is 19.7. The van der Waals surface area contributed by atoms with Crippen LogP contribution in [0.25, 0.3) is 10.6 Å². The second kappa shape index (κ2) is 7.72. The summed E-state index contributed by atoms with van der Waals surface area (Å²) < 4.78 is 10.7. The number of methoxy groups -OCH3 is 2. The summed E-state index contributed by atoms with van der Waals surface area (Å²) in [6, 6.07) is 5.70. The van der Waals surface area contributed by atoms with Gasteiger partial charge in [0.25, 0.3) is 5.91 Å². The molecule has 0 bridgehead atoms. The number of carbonyl (C=O) groups is 1. The lowest BCUT2D eigenvalue weighted by molar-refractivity contribution is 0.0744. The average molecular weight is 385 g/mol. The first-order valence-electron chi connectivity index (χ1n) is 9.41. The van der Waals surface area contributed by atoms with Crippen LogP contribution in [0.5, 0.6) is 11.5 Å². The standard InChI is InChI=1S/C21H24N2O3S/c1-25-18-10-9-15(12-19(18)26-2)20-22-16(13-27-20)21(24)23-11-5-7-14-6-3-4-8-17(14)23/h8-10,12-14H,3-7,11H2,1-2H3. The van der Waals surface area contributed by atoms with Crippen LogP contribution in [0.2, 0.25) is 0 Å². The molecular formula is C21H24N2O3S. The van der Waals surface area contributed by atoms with E-state index in [1.165, 1.54) is 36.3 Å². The van der Waals surface area contributed by atoms with E-state index in [9.17, 15) is 4.79 Å². The largest absolute Gasteiger partial charge is 0.493 e. The molecule has 2 heterocycles. The first kappa shape index (κ1) is 18.0. The van der Waals surface area contributed by atoms with Gasteiger partial charge in [-0.2, -0.15) is 0 Å². The summed E-state index contributed by atoms with van der Waals surface area (Å²) in [7, 11) is 3.23. The maximum absolute atomic E-state index is 13.1. The minimum Gasteiger partial charge on any atom is -0.493 e. The van der Waals surface area contributed by atoms with Crippen LogP contribution >= 0.6 is 11.3 Å². The quantitative estimate of drug-likeness (QED) is 0.763. The van der Waals surface area contributed by atoms with Gasteiger partial charge in [0.2, 0.25) is 0 Å². The number of rotatable bonds is 4. The molecule has 0 N–H and O–H groups in total. The summed E-state index contributed by atoms with van der Waals surface area (Å²) in [5.41, 5.74) is 2.67. The monoisotopic (exact) mass is 384 g/mol. The van der Waals surface area contributed by atoms with Crippen molar-refractivity contribution in [1.82, 2.24) is 9.88 Å². The Bertz CT molecular complexity index is 874. The predicted octanol–water partition coefficient (Wildman–Crippen LogP) is 4.75. The van der Waals surface area contributed by atoms with E-state index >= 15 is 0 Å². The summed E-state index contributed by atoms with van der Waals surface area (Å²) in [6.45, 7) is 0.796. The van der Waals surface area contributed by atoms with E-state index in [0.717, 1.165) is 30.0 Å². The number of nitrogens with zero attached hydrogens (tertiary/aromatic N) is 2.